The molecule has 2 amide bonds. The molecule has 0 unspecified atom stereocenters. The number of amides is 2. The average Bonchev–Trinajstić information content (AvgIpc) is 2.73. The Labute approximate surface area is 181 Å². The Morgan fingerprint density at radius 1 is 0.935 bits per heavy atom. The highest BCUT2D eigenvalue weighted by atomic mass is 35.5. The van der Waals surface area contributed by atoms with Crippen molar-refractivity contribution in [3.8, 4) is 0 Å². The molecular weight excluding hydrogens is 426 g/mol. The van der Waals surface area contributed by atoms with E-state index in [1.54, 1.807) is 43.3 Å². The van der Waals surface area contributed by atoms with Gasteiger partial charge in [-0.05, 0) is 61.0 Å². The Morgan fingerprint density at radius 2 is 1.68 bits per heavy atom. The molecule has 6 nitrogen and oxygen atoms in total. The van der Waals surface area contributed by atoms with Crippen molar-refractivity contribution in [3.05, 3.63) is 88.4 Å². The van der Waals surface area contributed by atoms with Gasteiger partial charge in [0.15, 0.2) is 0 Å². The topological polar surface area (TPSA) is 82.6 Å². The van der Waals surface area contributed by atoms with Crippen LogP contribution in [0.1, 0.15) is 11.1 Å². The van der Waals surface area contributed by atoms with Crippen LogP contribution in [0.5, 0.6) is 0 Å². The molecule has 0 radical (unpaired) electrons. The number of rotatable bonds is 5. The van der Waals surface area contributed by atoms with Gasteiger partial charge in [0.25, 0.3) is 0 Å². The van der Waals surface area contributed by atoms with E-state index in [2.05, 4.69) is 21.2 Å². The number of aryl methyl sites for hydroxylation is 1. The smallest absolute Gasteiger partial charge is 0.329 e. The monoisotopic (exact) mass is 442 g/mol. The maximum atomic E-state index is 13.9. The van der Waals surface area contributed by atoms with Gasteiger partial charge < -0.3 is 10.6 Å². The number of anilines is 3. The Hall–Kier alpha value is -3.78. The number of hydrogen-bond donors (Lipinski definition) is 3. The van der Waals surface area contributed by atoms with Gasteiger partial charge in [-0.25, -0.2) is 14.2 Å². The van der Waals surface area contributed by atoms with Crippen molar-refractivity contribution in [2.24, 2.45) is 5.10 Å². The number of halogens is 3. The summed E-state index contributed by atoms with van der Waals surface area (Å²) in [7, 11) is 0. The molecule has 0 aliphatic carbocycles. The minimum Gasteiger partial charge on any atom is -0.353 e. The van der Waals surface area contributed by atoms with Crippen LogP contribution in [0.15, 0.2) is 65.8 Å². The number of hydrogen-bond acceptors (Lipinski definition) is 4. The van der Waals surface area contributed by atoms with E-state index in [1.165, 1.54) is 30.5 Å². The maximum Gasteiger partial charge on any atom is 0.329 e. The van der Waals surface area contributed by atoms with Gasteiger partial charge in [-0.15, -0.1) is 0 Å². The first-order valence-electron chi connectivity index (χ1n) is 9.05. The third-order valence-corrected chi connectivity index (χ3v) is 4.40. The molecule has 0 atom stereocenters. The number of carbonyl (C=O) groups is 2. The summed E-state index contributed by atoms with van der Waals surface area (Å²) in [6, 6.07) is 14.7. The third kappa shape index (κ3) is 5.86. The highest BCUT2D eigenvalue weighted by Gasteiger charge is 2.14. The Balaban J connectivity index is 1.68. The van der Waals surface area contributed by atoms with E-state index in [4.69, 9.17) is 11.6 Å². The summed E-state index contributed by atoms with van der Waals surface area (Å²) in [5, 5.41) is 9.47. The average molecular weight is 443 g/mol. The van der Waals surface area contributed by atoms with Crippen LogP contribution in [-0.2, 0) is 9.59 Å². The predicted octanol–water partition coefficient (Wildman–Crippen LogP) is 4.76. The number of benzene rings is 3. The molecule has 3 aromatic carbocycles. The normalized spacial score (nSPS) is 10.7. The van der Waals surface area contributed by atoms with E-state index < -0.39 is 23.4 Å². The van der Waals surface area contributed by atoms with Crippen molar-refractivity contribution in [1.82, 2.24) is 5.43 Å². The van der Waals surface area contributed by atoms with Gasteiger partial charge in [0.2, 0.25) is 0 Å². The fourth-order valence-electron chi connectivity index (χ4n) is 2.62. The third-order valence-electron chi connectivity index (χ3n) is 4.17. The molecular formula is C22H17ClF2N4O2. The van der Waals surface area contributed by atoms with Crippen molar-refractivity contribution in [1.29, 1.82) is 0 Å². The molecule has 0 fully saturated rings. The fourth-order valence-corrected chi connectivity index (χ4v) is 2.80. The number of nitrogens with one attached hydrogen (secondary N) is 3. The van der Waals surface area contributed by atoms with Gasteiger partial charge in [-0.1, -0.05) is 23.7 Å². The van der Waals surface area contributed by atoms with Crippen LogP contribution in [0.25, 0.3) is 0 Å². The SMILES string of the molecule is Cc1cc(F)ccc1NC(=O)C(=O)N/N=C\c1cc(Cl)ccc1Nc1ccccc1F. The van der Waals surface area contributed by atoms with Crippen LogP contribution in [0, 0.1) is 18.6 Å². The molecule has 3 N–H and O–H groups in total. The number of hydrazone groups is 1. The zero-order valence-corrected chi connectivity index (χ0v) is 17.0. The quantitative estimate of drug-likeness (QED) is 0.303. The summed E-state index contributed by atoms with van der Waals surface area (Å²) in [6.45, 7) is 1.60. The van der Waals surface area contributed by atoms with Crippen molar-refractivity contribution < 1.29 is 18.4 Å². The van der Waals surface area contributed by atoms with E-state index in [0.29, 0.717) is 27.5 Å². The van der Waals surface area contributed by atoms with E-state index in [9.17, 15) is 18.4 Å². The molecule has 31 heavy (non-hydrogen) atoms. The van der Waals surface area contributed by atoms with Crippen molar-refractivity contribution >= 4 is 46.7 Å². The van der Waals surface area contributed by atoms with Crippen LogP contribution in [0.3, 0.4) is 0 Å². The van der Waals surface area contributed by atoms with Gasteiger partial charge >= 0.3 is 11.8 Å². The van der Waals surface area contributed by atoms with Crippen molar-refractivity contribution in [3.63, 3.8) is 0 Å². The lowest BCUT2D eigenvalue weighted by Gasteiger charge is -2.11. The van der Waals surface area contributed by atoms with Gasteiger partial charge in [-0.2, -0.15) is 5.10 Å². The molecule has 0 aliphatic rings. The highest BCUT2D eigenvalue weighted by Crippen LogP contribution is 2.24. The molecule has 0 saturated heterocycles. The molecule has 3 aromatic rings. The van der Waals surface area contributed by atoms with Crippen molar-refractivity contribution in [2.45, 2.75) is 6.92 Å². The molecule has 0 heterocycles. The standard InChI is InChI=1S/C22H17ClF2N4O2/c1-13-10-16(24)7-9-18(13)28-21(30)22(31)29-26-12-14-11-15(23)6-8-19(14)27-20-5-3-2-4-17(20)25/h2-12,27H,1H3,(H,28,30)(H,29,31)/b26-12-. The molecule has 0 saturated carbocycles. The largest absolute Gasteiger partial charge is 0.353 e. The molecule has 158 valence electrons. The molecule has 0 spiro atoms. The van der Waals surface area contributed by atoms with Gasteiger partial charge in [-0.3, -0.25) is 9.59 Å². The van der Waals surface area contributed by atoms with E-state index in [1.807, 2.05) is 0 Å². The van der Waals surface area contributed by atoms with Crippen LogP contribution >= 0.6 is 11.6 Å². The minimum absolute atomic E-state index is 0.248. The Morgan fingerprint density at radius 3 is 2.42 bits per heavy atom. The summed E-state index contributed by atoms with van der Waals surface area (Å²) in [6.07, 6.45) is 1.27. The van der Waals surface area contributed by atoms with Gasteiger partial charge in [0, 0.05) is 22.0 Å². The molecule has 9 heteroatoms. The van der Waals surface area contributed by atoms with Gasteiger partial charge in [0.1, 0.15) is 11.6 Å². The summed E-state index contributed by atoms with van der Waals surface area (Å²) in [5.74, 6) is -2.89. The number of para-hydroxylation sites is 1. The zero-order valence-electron chi connectivity index (χ0n) is 16.2. The van der Waals surface area contributed by atoms with Crippen molar-refractivity contribution in [2.75, 3.05) is 10.6 Å². The lowest BCUT2D eigenvalue weighted by molar-refractivity contribution is -0.136. The summed E-state index contributed by atoms with van der Waals surface area (Å²) < 4.78 is 27.1. The molecule has 0 aliphatic heterocycles. The minimum atomic E-state index is -1.02. The van der Waals surface area contributed by atoms with Crippen LogP contribution in [0.4, 0.5) is 25.8 Å². The van der Waals surface area contributed by atoms with E-state index in [-0.39, 0.29) is 5.69 Å². The predicted molar refractivity (Wildman–Crippen MR) is 117 cm³/mol. The Bertz CT molecular complexity index is 1170. The number of carbonyl (C=O) groups excluding carboxylic acids is 2. The first-order valence-corrected chi connectivity index (χ1v) is 9.43. The second-order valence-corrected chi connectivity index (χ2v) is 6.89. The van der Waals surface area contributed by atoms with E-state index in [0.717, 1.165) is 0 Å². The highest BCUT2D eigenvalue weighted by molar-refractivity contribution is 6.39. The van der Waals surface area contributed by atoms with Crippen LogP contribution < -0.4 is 16.1 Å². The second-order valence-electron chi connectivity index (χ2n) is 6.45. The zero-order chi connectivity index (χ0) is 22.4. The summed E-state index contributed by atoms with van der Waals surface area (Å²) >= 11 is 6.02. The molecule has 0 bridgehead atoms. The first kappa shape index (κ1) is 21.9. The van der Waals surface area contributed by atoms with Crippen LogP contribution in [-0.4, -0.2) is 18.0 Å². The first-order chi connectivity index (χ1) is 14.8. The van der Waals surface area contributed by atoms with Gasteiger partial charge in [0.05, 0.1) is 11.9 Å². The lowest BCUT2D eigenvalue weighted by Crippen LogP contribution is -2.32. The molecule has 0 aromatic heterocycles. The van der Waals surface area contributed by atoms with Crippen LogP contribution in [0.2, 0.25) is 5.02 Å². The van der Waals surface area contributed by atoms with E-state index >= 15 is 0 Å². The number of nitrogens with zero attached hydrogens (tertiary/aromatic N) is 1. The molecule has 3 rings (SSSR count). The second kappa shape index (κ2) is 9.82. The summed E-state index contributed by atoms with van der Waals surface area (Å²) in [4.78, 5) is 24.0. The lowest BCUT2D eigenvalue weighted by atomic mass is 10.2. The Kier molecular flexibility index (Phi) is 6.94. The fraction of sp³-hybridized carbons (Fsp3) is 0.0455. The summed E-state index contributed by atoms with van der Waals surface area (Å²) in [5.41, 5.74) is 4.05. The maximum absolute atomic E-state index is 13.9.